The lowest BCUT2D eigenvalue weighted by molar-refractivity contribution is 0.0951. The number of hydrogen-bond donors (Lipinski definition) is 1. The van der Waals surface area contributed by atoms with Gasteiger partial charge in [0.05, 0.1) is 19.9 Å². The molecule has 0 atom stereocenters. The molecule has 2 heterocycles. The Balaban J connectivity index is 1.55. The Bertz CT molecular complexity index is 1190. The van der Waals surface area contributed by atoms with E-state index in [4.69, 9.17) is 9.47 Å². The summed E-state index contributed by atoms with van der Waals surface area (Å²) in [4.78, 5) is 14.4. The highest BCUT2D eigenvalue weighted by Crippen LogP contribution is 2.34. The van der Waals surface area contributed by atoms with Gasteiger partial charge in [0.2, 0.25) is 0 Å². The van der Waals surface area contributed by atoms with E-state index in [-0.39, 0.29) is 5.91 Å². The van der Waals surface area contributed by atoms with Crippen LogP contribution in [0.3, 0.4) is 0 Å². The molecular weight excluding hydrogens is 454 g/mol. The SMILES string of the molecule is COc1ccc(-c2cn(-c3ccccc3)nc2C(=O)NCCSCc2cccs2)cc1OC. The van der Waals surface area contributed by atoms with Crippen LogP contribution in [0.15, 0.2) is 72.2 Å². The van der Waals surface area contributed by atoms with Crippen molar-refractivity contribution in [2.45, 2.75) is 5.75 Å². The highest BCUT2D eigenvalue weighted by molar-refractivity contribution is 7.98. The molecule has 0 spiro atoms. The maximum Gasteiger partial charge on any atom is 0.272 e. The minimum absolute atomic E-state index is 0.203. The predicted octanol–water partition coefficient (Wildman–Crippen LogP) is 5.28. The number of carbonyl (C=O) groups excluding carboxylic acids is 1. The third-order valence-electron chi connectivity index (χ3n) is 5.00. The summed E-state index contributed by atoms with van der Waals surface area (Å²) in [7, 11) is 3.19. The lowest BCUT2D eigenvalue weighted by atomic mass is 10.1. The maximum absolute atomic E-state index is 13.1. The second-order valence-corrected chi connectivity index (χ2v) is 9.27. The average Bonchev–Trinajstić information content (AvgIpc) is 3.54. The molecule has 1 amide bonds. The number of para-hydroxylation sites is 1. The van der Waals surface area contributed by atoms with Crippen LogP contribution in [0.4, 0.5) is 0 Å². The van der Waals surface area contributed by atoms with Crippen molar-refractivity contribution in [2.75, 3.05) is 26.5 Å². The molecule has 0 fully saturated rings. The van der Waals surface area contributed by atoms with Crippen LogP contribution in [0.1, 0.15) is 15.4 Å². The molecule has 6 nitrogen and oxygen atoms in total. The van der Waals surface area contributed by atoms with Crippen LogP contribution in [0.2, 0.25) is 0 Å². The number of rotatable bonds is 10. The van der Waals surface area contributed by atoms with Gasteiger partial charge in [0.25, 0.3) is 5.91 Å². The summed E-state index contributed by atoms with van der Waals surface area (Å²) in [5.74, 6) is 2.80. The summed E-state index contributed by atoms with van der Waals surface area (Å²) in [6, 6.07) is 19.5. The summed E-state index contributed by atoms with van der Waals surface area (Å²) in [5.41, 5.74) is 2.80. The number of nitrogens with one attached hydrogen (secondary N) is 1. The summed E-state index contributed by atoms with van der Waals surface area (Å²) in [6.07, 6.45) is 1.87. The van der Waals surface area contributed by atoms with Gasteiger partial charge in [-0.1, -0.05) is 30.3 Å². The van der Waals surface area contributed by atoms with E-state index in [1.165, 1.54) is 4.88 Å². The number of ether oxygens (including phenoxy) is 2. The highest BCUT2D eigenvalue weighted by atomic mass is 32.2. The molecule has 0 radical (unpaired) electrons. The zero-order valence-corrected chi connectivity index (χ0v) is 20.1. The normalized spacial score (nSPS) is 10.7. The van der Waals surface area contributed by atoms with E-state index in [9.17, 15) is 4.79 Å². The second kappa shape index (κ2) is 11.1. The number of amides is 1. The lowest BCUT2D eigenvalue weighted by Gasteiger charge is -2.10. The van der Waals surface area contributed by atoms with Gasteiger partial charge in [0, 0.05) is 34.7 Å². The topological polar surface area (TPSA) is 65.4 Å². The first-order chi connectivity index (χ1) is 16.2. The van der Waals surface area contributed by atoms with Gasteiger partial charge in [-0.2, -0.15) is 16.9 Å². The number of thiophene rings is 1. The molecule has 33 heavy (non-hydrogen) atoms. The van der Waals surface area contributed by atoms with Crippen LogP contribution < -0.4 is 14.8 Å². The monoisotopic (exact) mass is 479 g/mol. The number of thioether (sulfide) groups is 1. The molecule has 4 aromatic rings. The van der Waals surface area contributed by atoms with E-state index < -0.39 is 0 Å². The number of methoxy groups -OCH3 is 2. The summed E-state index contributed by atoms with van der Waals surface area (Å²) >= 11 is 3.55. The minimum atomic E-state index is -0.203. The molecule has 0 aliphatic heterocycles. The average molecular weight is 480 g/mol. The van der Waals surface area contributed by atoms with Crippen molar-refractivity contribution >= 4 is 29.0 Å². The molecule has 8 heteroatoms. The first-order valence-electron chi connectivity index (χ1n) is 10.5. The van der Waals surface area contributed by atoms with Crippen LogP contribution in [-0.2, 0) is 5.75 Å². The van der Waals surface area contributed by atoms with Gasteiger partial charge >= 0.3 is 0 Å². The van der Waals surface area contributed by atoms with Gasteiger partial charge in [-0.3, -0.25) is 4.79 Å². The molecule has 0 aliphatic carbocycles. The van der Waals surface area contributed by atoms with Crippen LogP contribution in [0, 0.1) is 0 Å². The van der Waals surface area contributed by atoms with Crippen LogP contribution >= 0.6 is 23.1 Å². The van der Waals surface area contributed by atoms with Gasteiger partial charge in [-0.05, 0) is 41.3 Å². The molecule has 170 valence electrons. The van der Waals surface area contributed by atoms with Crippen molar-refractivity contribution in [3.05, 3.63) is 82.8 Å². The predicted molar refractivity (Wildman–Crippen MR) is 135 cm³/mol. The first-order valence-corrected chi connectivity index (χ1v) is 12.5. The van der Waals surface area contributed by atoms with Crippen LogP contribution in [0.5, 0.6) is 11.5 Å². The van der Waals surface area contributed by atoms with Gasteiger partial charge in [0.1, 0.15) is 0 Å². The number of benzene rings is 2. The summed E-state index contributed by atoms with van der Waals surface area (Å²) < 4.78 is 12.5. The Morgan fingerprint density at radius 3 is 2.61 bits per heavy atom. The zero-order chi connectivity index (χ0) is 23.0. The van der Waals surface area contributed by atoms with E-state index in [1.807, 2.05) is 54.7 Å². The van der Waals surface area contributed by atoms with E-state index in [2.05, 4.69) is 27.9 Å². The molecule has 2 aromatic carbocycles. The minimum Gasteiger partial charge on any atom is -0.493 e. The van der Waals surface area contributed by atoms with Crippen molar-refractivity contribution in [2.24, 2.45) is 0 Å². The standard InChI is InChI=1S/C25H25N3O3S2/c1-30-22-11-10-18(15-23(22)31-2)21-16-28(19-7-4-3-5-8-19)27-24(21)25(29)26-12-14-32-17-20-9-6-13-33-20/h3-11,13,15-16H,12,14,17H2,1-2H3,(H,26,29). The lowest BCUT2D eigenvalue weighted by Crippen LogP contribution is -2.26. The van der Waals surface area contributed by atoms with Crippen LogP contribution in [0.25, 0.3) is 16.8 Å². The number of aromatic nitrogens is 2. The third-order valence-corrected chi connectivity index (χ3v) is 7.07. The Morgan fingerprint density at radius 2 is 1.88 bits per heavy atom. The Morgan fingerprint density at radius 1 is 1.06 bits per heavy atom. The number of nitrogens with zero attached hydrogens (tertiary/aromatic N) is 2. The van der Waals surface area contributed by atoms with Gasteiger partial charge in [0.15, 0.2) is 17.2 Å². The van der Waals surface area contributed by atoms with Gasteiger partial charge < -0.3 is 14.8 Å². The first kappa shape index (κ1) is 22.9. The van der Waals surface area contributed by atoms with Crippen molar-refractivity contribution in [3.8, 4) is 28.3 Å². The number of hydrogen-bond acceptors (Lipinski definition) is 6. The van der Waals surface area contributed by atoms with E-state index >= 15 is 0 Å². The highest BCUT2D eigenvalue weighted by Gasteiger charge is 2.20. The van der Waals surface area contributed by atoms with Gasteiger partial charge in [-0.15, -0.1) is 11.3 Å². The summed E-state index contributed by atoms with van der Waals surface area (Å²) in [5, 5.41) is 9.72. The molecule has 0 aliphatic rings. The van der Waals surface area contributed by atoms with Gasteiger partial charge in [-0.25, -0.2) is 4.68 Å². The molecule has 0 bridgehead atoms. The molecular formula is C25H25N3O3S2. The Kier molecular flexibility index (Phi) is 7.70. The molecule has 0 saturated carbocycles. The van der Waals surface area contributed by atoms with Crippen molar-refractivity contribution in [3.63, 3.8) is 0 Å². The fourth-order valence-electron chi connectivity index (χ4n) is 3.36. The van der Waals surface area contributed by atoms with E-state index in [0.29, 0.717) is 23.7 Å². The molecule has 4 rings (SSSR count). The summed E-state index contributed by atoms with van der Waals surface area (Å²) in [6.45, 7) is 0.568. The molecule has 1 N–H and O–H groups in total. The zero-order valence-electron chi connectivity index (χ0n) is 18.5. The van der Waals surface area contributed by atoms with Crippen LogP contribution in [-0.4, -0.2) is 42.2 Å². The van der Waals surface area contributed by atoms with E-state index in [0.717, 1.165) is 28.3 Å². The van der Waals surface area contributed by atoms with E-state index in [1.54, 1.807) is 42.0 Å². The Labute approximate surface area is 201 Å². The molecule has 0 unspecified atom stereocenters. The quantitative estimate of drug-likeness (QED) is 0.314. The van der Waals surface area contributed by atoms with Crippen molar-refractivity contribution < 1.29 is 14.3 Å². The second-order valence-electron chi connectivity index (χ2n) is 7.13. The molecule has 0 saturated heterocycles. The number of carbonyl (C=O) groups is 1. The fraction of sp³-hybridized carbons (Fsp3) is 0.200. The van der Waals surface area contributed by atoms with Crippen molar-refractivity contribution in [1.82, 2.24) is 15.1 Å². The van der Waals surface area contributed by atoms with Crippen molar-refractivity contribution in [1.29, 1.82) is 0 Å². The third kappa shape index (κ3) is 5.58. The molecule has 2 aromatic heterocycles. The fourth-order valence-corrected chi connectivity index (χ4v) is 5.06. The largest absolute Gasteiger partial charge is 0.493 e. The maximum atomic E-state index is 13.1. The Hall–Kier alpha value is -3.23. The smallest absolute Gasteiger partial charge is 0.272 e.